The topological polar surface area (TPSA) is 50.2 Å². The highest BCUT2D eigenvalue weighted by atomic mass is 32.1. The number of halogens is 2. The summed E-state index contributed by atoms with van der Waals surface area (Å²) in [5.74, 6) is -1.92. The Bertz CT molecular complexity index is 1050. The normalized spacial score (nSPS) is 19.6. The van der Waals surface area contributed by atoms with Crippen LogP contribution < -0.4 is 5.32 Å². The van der Waals surface area contributed by atoms with Crippen molar-refractivity contribution in [2.24, 2.45) is 0 Å². The summed E-state index contributed by atoms with van der Waals surface area (Å²) in [5.41, 5.74) is 3.01. The molecule has 1 aliphatic rings. The van der Waals surface area contributed by atoms with Crippen LogP contribution in [0.3, 0.4) is 0 Å². The maximum Gasteiger partial charge on any atom is 0.253 e. The number of thiazole rings is 1. The lowest BCUT2D eigenvalue weighted by molar-refractivity contribution is 0.0927. The Hall–Kier alpha value is -2.58. The lowest BCUT2D eigenvalue weighted by Crippen LogP contribution is -2.39. The monoisotopic (exact) mass is 416 g/mol. The molecule has 1 fully saturated rings. The Morgan fingerprint density at radius 1 is 1.24 bits per heavy atom. The molecule has 0 saturated carbocycles. The van der Waals surface area contributed by atoms with Crippen molar-refractivity contribution in [3.63, 3.8) is 0 Å². The number of aromatic nitrogens is 2. The van der Waals surface area contributed by atoms with E-state index >= 15 is 0 Å². The second-order valence-electron chi connectivity index (χ2n) is 7.40. The van der Waals surface area contributed by atoms with Gasteiger partial charge in [-0.2, -0.15) is 0 Å². The van der Waals surface area contributed by atoms with Crippen LogP contribution in [0.2, 0.25) is 0 Å². The average Bonchev–Trinajstić information content (AvgIpc) is 3.38. The maximum absolute atomic E-state index is 13.8. The number of rotatable bonds is 4. The number of amides is 1. The maximum atomic E-state index is 13.8. The molecule has 0 aliphatic carbocycles. The Labute approximate surface area is 172 Å². The van der Waals surface area contributed by atoms with Crippen LogP contribution in [0.4, 0.5) is 8.78 Å². The molecule has 1 N–H and O–H groups in total. The molecule has 2 aromatic heterocycles. The fraction of sp³-hybridized carbons (Fsp3) is 0.333. The summed E-state index contributed by atoms with van der Waals surface area (Å²) in [7, 11) is 1.92. The summed E-state index contributed by atoms with van der Waals surface area (Å²) < 4.78 is 29.1. The van der Waals surface area contributed by atoms with Gasteiger partial charge in [0.05, 0.1) is 17.6 Å². The number of nitrogens with zero attached hydrogens (tertiary/aromatic N) is 3. The molecule has 1 saturated heterocycles. The van der Waals surface area contributed by atoms with Gasteiger partial charge in [-0.05, 0) is 51.1 Å². The molecule has 3 aromatic rings. The zero-order chi connectivity index (χ0) is 20.7. The van der Waals surface area contributed by atoms with Crippen molar-refractivity contribution in [3.8, 4) is 5.13 Å². The number of benzene rings is 1. The van der Waals surface area contributed by atoms with Crippen LogP contribution in [0, 0.1) is 25.5 Å². The van der Waals surface area contributed by atoms with Gasteiger partial charge in [0.15, 0.2) is 16.8 Å². The minimum atomic E-state index is -0.875. The van der Waals surface area contributed by atoms with Crippen LogP contribution in [0.15, 0.2) is 35.8 Å². The van der Waals surface area contributed by atoms with Gasteiger partial charge in [0.1, 0.15) is 0 Å². The average molecular weight is 416 g/mol. The lowest BCUT2D eigenvalue weighted by atomic mass is 9.99. The quantitative estimate of drug-likeness (QED) is 0.699. The van der Waals surface area contributed by atoms with Crippen LogP contribution in [-0.4, -0.2) is 40.0 Å². The van der Waals surface area contributed by atoms with E-state index in [1.165, 1.54) is 17.4 Å². The standard InChI is InChI=1S/C21H22F2N4OS/c1-12-10-15(13(2)27(12)21-24-7-9-29-21)20(28)25-18-6-8-26(3)19(18)14-4-5-16(22)17(23)11-14/h4-5,7,9-11,18-19H,6,8H2,1-3H3,(H,25,28)/t18-,19+/m1/s1. The third-order valence-corrected chi connectivity index (χ3v) is 6.29. The van der Waals surface area contributed by atoms with Gasteiger partial charge in [0.25, 0.3) is 5.91 Å². The number of nitrogens with one attached hydrogen (secondary N) is 1. The fourth-order valence-corrected chi connectivity index (χ4v) is 4.89. The molecule has 5 nitrogen and oxygen atoms in total. The van der Waals surface area contributed by atoms with Gasteiger partial charge in [-0.15, -0.1) is 11.3 Å². The van der Waals surface area contributed by atoms with E-state index in [1.807, 2.05) is 36.9 Å². The molecule has 3 heterocycles. The molecule has 0 bridgehead atoms. The molecule has 4 rings (SSSR count). The SMILES string of the molecule is Cc1cc(C(=O)N[C@@H]2CCN(C)[C@H]2c2ccc(F)c(F)c2)c(C)n1-c1nccs1. The van der Waals surface area contributed by atoms with Crippen LogP contribution in [0.25, 0.3) is 5.13 Å². The van der Waals surface area contributed by atoms with E-state index in [1.54, 1.807) is 12.3 Å². The van der Waals surface area contributed by atoms with Crippen LogP contribution in [0.5, 0.6) is 0 Å². The highest BCUT2D eigenvalue weighted by Crippen LogP contribution is 2.32. The van der Waals surface area contributed by atoms with Crippen molar-refractivity contribution in [2.75, 3.05) is 13.6 Å². The zero-order valence-corrected chi connectivity index (χ0v) is 17.3. The van der Waals surface area contributed by atoms with Crippen molar-refractivity contribution in [1.29, 1.82) is 0 Å². The summed E-state index contributed by atoms with van der Waals surface area (Å²) in [6.45, 7) is 4.60. The van der Waals surface area contributed by atoms with Gasteiger partial charge in [-0.1, -0.05) is 6.07 Å². The van der Waals surface area contributed by atoms with Crippen molar-refractivity contribution < 1.29 is 13.6 Å². The number of carbonyl (C=O) groups is 1. The minimum Gasteiger partial charge on any atom is -0.347 e. The zero-order valence-electron chi connectivity index (χ0n) is 16.4. The van der Waals surface area contributed by atoms with E-state index in [-0.39, 0.29) is 18.0 Å². The van der Waals surface area contributed by atoms with Gasteiger partial charge in [0.2, 0.25) is 0 Å². The molecular weight excluding hydrogens is 394 g/mol. The molecule has 152 valence electrons. The highest BCUT2D eigenvalue weighted by molar-refractivity contribution is 7.12. The van der Waals surface area contributed by atoms with E-state index in [0.29, 0.717) is 11.1 Å². The predicted molar refractivity (Wildman–Crippen MR) is 109 cm³/mol. The second kappa shape index (κ2) is 7.68. The predicted octanol–water partition coefficient (Wildman–Crippen LogP) is 4.00. The number of aryl methyl sites for hydroxylation is 1. The first-order valence-electron chi connectivity index (χ1n) is 9.41. The number of likely N-dealkylation sites (N-methyl/N-ethyl adjacent to an activating group) is 1. The minimum absolute atomic E-state index is 0.172. The molecule has 1 aliphatic heterocycles. The van der Waals surface area contributed by atoms with Gasteiger partial charge >= 0.3 is 0 Å². The number of hydrogen-bond acceptors (Lipinski definition) is 4. The first kappa shape index (κ1) is 19.7. The first-order valence-corrected chi connectivity index (χ1v) is 10.3. The molecule has 29 heavy (non-hydrogen) atoms. The number of carbonyl (C=O) groups excluding carboxylic acids is 1. The van der Waals surface area contributed by atoms with Gasteiger partial charge < -0.3 is 5.32 Å². The Kier molecular flexibility index (Phi) is 5.23. The van der Waals surface area contributed by atoms with Crippen molar-refractivity contribution >= 4 is 17.2 Å². The largest absolute Gasteiger partial charge is 0.347 e. The van der Waals surface area contributed by atoms with E-state index in [9.17, 15) is 13.6 Å². The highest BCUT2D eigenvalue weighted by Gasteiger charge is 2.35. The fourth-order valence-electron chi connectivity index (χ4n) is 4.14. The van der Waals surface area contributed by atoms with Gasteiger partial charge in [-0.3, -0.25) is 14.3 Å². The number of likely N-dealkylation sites (tertiary alicyclic amines) is 1. The van der Waals surface area contributed by atoms with Gasteiger partial charge in [-0.25, -0.2) is 13.8 Å². The lowest BCUT2D eigenvalue weighted by Gasteiger charge is -2.26. The molecule has 1 amide bonds. The van der Waals surface area contributed by atoms with Crippen molar-refractivity contribution in [3.05, 3.63) is 70.0 Å². The molecule has 0 unspecified atom stereocenters. The molecule has 0 spiro atoms. The molecule has 1 aromatic carbocycles. The smallest absolute Gasteiger partial charge is 0.253 e. The van der Waals surface area contributed by atoms with E-state index in [0.717, 1.165) is 35.6 Å². The van der Waals surface area contributed by atoms with Crippen LogP contribution in [-0.2, 0) is 0 Å². The summed E-state index contributed by atoms with van der Waals surface area (Å²) in [6.07, 6.45) is 2.47. The third-order valence-electron chi connectivity index (χ3n) is 5.54. The third kappa shape index (κ3) is 3.58. The van der Waals surface area contributed by atoms with E-state index in [4.69, 9.17) is 0 Å². The second-order valence-corrected chi connectivity index (χ2v) is 8.28. The summed E-state index contributed by atoms with van der Waals surface area (Å²) in [6, 6.07) is 5.39. The van der Waals surface area contributed by atoms with E-state index in [2.05, 4.69) is 15.2 Å². The first-order chi connectivity index (χ1) is 13.9. The Morgan fingerprint density at radius 3 is 2.72 bits per heavy atom. The van der Waals surface area contributed by atoms with Gasteiger partial charge in [0, 0.05) is 29.5 Å². The van der Waals surface area contributed by atoms with Crippen LogP contribution in [0.1, 0.15) is 39.8 Å². The molecule has 0 radical (unpaired) electrons. The Balaban J connectivity index is 1.59. The molecule has 2 atom stereocenters. The molecule has 8 heteroatoms. The number of hydrogen-bond donors (Lipinski definition) is 1. The van der Waals surface area contributed by atoms with E-state index < -0.39 is 11.6 Å². The summed E-state index contributed by atoms with van der Waals surface area (Å²) >= 11 is 1.51. The summed E-state index contributed by atoms with van der Waals surface area (Å²) in [5, 5.41) is 5.82. The van der Waals surface area contributed by atoms with Crippen molar-refractivity contribution in [1.82, 2.24) is 19.8 Å². The Morgan fingerprint density at radius 2 is 2.03 bits per heavy atom. The van der Waals surface area contributed by atoms with Crippen molar-refractivity contribution in [2.45, 2.75) is 32.4 Å². The molecular formula is C21H22F2N4OS. The van der Waals surface area contributed by atoms with Crippen LogP contribution >= 0.6 is 11.3 Å². The summed E-state index contributed by atoms with van der Waals surface area (Å²) in [4.78, 5) is 19.5.